The van der Waals surface area contributed by atoms with Crippen LogP contribution in [-0.2, 0) is 19.8 Å². The fourth-order valence-electron chi connectivity index (χ4n) is 3.39. The third-order valence-corrected chi connectivity index (χ3v) is 5.33. The highest BCUT2D eigenvalue weighted by Crippen LogP contribution is 2.28. The minimum absolute atomic E-state index is 0.0865. The summed E-state index contributed by atoms with van der Waals surface area (Å²) in [6.07, 6.45) is -4.84. The second kappa shape index (κ2) is 7.12. The second-order valence-electron chi connectivity index (χ2n) is 7.00. The number of aromatic nitrogens is 5. The van der Waals surface area contributed by atoms with Crippen LogP contribution in [0.15, 0.2) is 38.4 Å². The molecule has 3 aromatic heterocycles. The van der Waals surface area contributed by atoms with Gasteiger partial charge < -0.3 is 4.52 Å². The molecule has 0 atom stereocenters. The summed E-state index contributed by atoms with van der Waals surface area (Å²) in [7, 11) is 0.957. The van der Waals surface area contributed by atoms with Gasteiger partial charge in [0.15, 0.2) is 5.15 Å². The van der Waals surface area contributed by atoms with Gasteiger partial charge in [-0.3, -0.25) is 14.0 Å². The van der Waals surface area contributed by atoms with Crippen LogP contribution in [0.25, 0.3) is 16.6 Å². The molecular formula is C19H15ClF3N5O3. The molecule has 0 spiro atoms. The molecule has 0 saturated carbocycles. The van der Waals surface area contributed by atoms with E-state index in [1.807, 2.05) is 0 Å². The van der Waals surface area contributed by atoms with Crippen molar-refractivity contribution >= 4 is 22.5 Å². The van der Waals surface area contributed by atoms with Crippen LogP contribution in [0.4, 0.5) is 13.2 Å². The van der Waals surface area contributed by atoms with E-state index in [0.29, 0.717) is 37.6 Å². The van der Waals surface area contributed by atoms with Gasteiger partial charge in [-0.15, -0.1) is 0 Å². The molecular weight excluding hydrogens is 439 g/mol. The number of aryl methyl sites for hydroxylation is 2. The van der Waals surface area contributed by atoms with Crippen molar-refractivity contribution in [1.29, 1.82) is 0 Å². The lowest BCUT2D eigenvalue weighted by Gasteiger charge is -2.14. The van der Waals surface area contributed by atoms with Crippen molar-refractivity contribution in [3.63, 3.8) is 0 Å². The highest BCUT2D eigenvalue weighted by atomic mass is 35.5. The summed E-state index contributed by atoms with van der Waals surface area (Å²) >= 11 is 6.22. The maximum atomic E-state index is 13.1. The number of halogens is 4. The zero-order valence-corrected chi connectivity index (χ0v) is 17.2. The predicted octanol–water partition coefficient (Wildman–Crippen LogP) is 3.21. The van der Waals surface area contributed by atoms with Crippen molar-refractivity contribution in [2.45, 2.75) is 26.6 Å². The van der Waals surface area contributed by atoms with Crippen molar-refractivity contribution in [2.75, 3.05) is 0 Å². The molecule has 31 heavy (non-hydrogen) atoms. The molecule has 3 heterocycles. The molecule has 1 aromatic carbocycles. The van der Waals surface area contributed by atoms with Crippen LogP contribution in [-0.4, -0.2) is 24.1 Å². The van der Waals surface area contributed by atoms with E-state index in [4.69, 9.17) is 16.1 Å². The number of alkyl halides is 3. The van der Waals surface area contributed by atoms with Gasteiger partial charge in [-0.2, -0.15) is 18.3 Å². The highest BCUT2D eigenvalue weighted by Gasteiger charge is 2.35. The Morgan fingerprint density at radius 1 is 1.16 bits per heavy atom. The smallest absolute Gasteiger partial charge is 0.361 e. The van der Waals surface area contributed by atoms with Gasteiger partial charge >= 0.3 is 11.9 Å². The Labute approximate surface area is 177 Å². The normalized spacial score (nSPS) is 12.1. The molecule has 0 unspecified atom stereocenters. The highest BCUT2D eigenvalue weighted by molar-refractivity contribution is 6.34. The Kier molecular flexibility index (Phi) is 4.80. The van der Waals surface area contributed by atoms with E-state index < -0.39 is 23.1 Å². The lowest BCUT2D eigenvalue weighted by Crippen LogP contribution is -2.40. The van der Waals surface area contributed by atoms with Crippen LogP contribution < -0.4 is 11.2 Å². The molecule has 0 aliphatic rings. The first-order valence-electron chi connectivity index (χ1n) is 8.97. The number of hydrogen-bond acceptors (Lipinski definition) is 5. The van der Waals surface area contributed by atoms with Crippen LogP contribution in [0, 0.1) is 13.8 Å². The summed E-state index contributed by atoms with van der Waals surface area (Å²) < 4.78 is 47.1. The van der Waals surface area contributed by atoms with E-state index in [0.717, 1.165) is 12.6 Å². The van der Waals surface area contributed by atoms with Crippen molar-refractivity contribution < 1.29 is 17.7 Å². The minimum atomic E-state index is -4.84. The summed E-state index contributed by atoms with van der Waals surface area (Å²) in [5.41, 5.74) is -1.53. The topological polar surface area (TPSA) is 87.8 Å². The summed E-state index contributed by atoms with van der Waals surface area (Å²) in [4.78, 5) is 25.0. The van der Waals surface area contributed by atoms with Gasteiger partial charge in [0, 0.05) is 24.1 Å². The van der Waals surface area contributed by atoms with E-state index in [1.54, 1.807) is 24.6 Å². The molecule has 8 nitrogen and oxygen atoms in total. The largest absolute Gasteiger partial charge is 0.431 e. The number of rotatable bonds is 3. The molecule has 0 amide bonds. The van der Waals surface area contributed by atoms with Crippen LogP contribution in [0.5, 0.6) is 0 Å². The Morgan fingerprint density at radius 2 is 1.87 bits per heavy atom. The first-order valence-corrected chi connectivity index (χ1v) is 9.35. The van der Waals surface area contributed by atoms with E-state index in [-0.39, 0.29) is 17.4 Å². The summed E-state index contributed by atoms with van der Waals surface area (Å²) in [5, 5.41) is 8.92. The predicted molar refractivity (Wildman–Crippen MR) is 106 cm³/mol. The molecule has 0 bridgehead atoms. The zero-order valence-electron chi connectivity index (χ0n) is 16.5. The van der Waals surface area contributed by atoms with Crippen molar-refractivity contribution in [1.82, 2.24) is 24.1 Å². The van der Waals surface area contributed by atoms with E-state index in [9.17, 15) is 22.8 Å². The van der Waals surface area contributed by atoms with Gasteiger partial charge in [-0.05, 0) is 32.0 Å². The molecule has 0 aliphatic heterocycles. The molecule has 0 radical (unpaired) electrons. The van der Waals surface area contributed by atoms with Crippen LogP contribution in [0.3, 0.4) is 0 Å². The summed E-state index contributed by atoms with van der Waals surface area (Å²) in [6, 6.07) is 4.84. The molecule has 12 heteroatoms. The first-order chi connectivity index (χ1) is 14.5. The van der Waals surface area contributed by atoms with Gasteiger partial charge in [-0.1, -0.05) is 16.8 Å². The maximum Gasteiger partial charge on any atom is 0.431 e. The maximum absolute atomic E-state index is 13.1. The van der Waals surface area contributed by atoms with E-state index in [1.165, 1.54) is 12.1 Å². The molecule has 0 aliphatic carbocycles. The summed E-state index contributed by atoms with van der Waals surface area (Å²) in [5.74, 6) is 0.598. The molecule has 162 valence electrons. The molecule has 0 fully saturated rings. The number of hydrogen-bond donors (Lipinski definition) is 0. The third-order valence-electron chi connectivity index (χ3n) is 5.05. The SMILES string of the molecule is Cc1noc(C)c1Cn1nc(Cl)c2ccc(-n3c(=O)cc(C(F)(F)F)n(C)c3=O)cc21. The fourth-order valence-corrected chi connectivity index (χ4v) is 3.65. The Hall–Kier alpha value is -3.34. The lowest BCUT2D eigenvalue weighted by molar-refractivity contribution is -0.144. The number of nitrogens with zero attached hydrogens (tertiary/aromatic N) is 5. The molecule has 0 saturated heterocycles. The lowest BCUT2D eigenvalue weighted by atomic mass is 10.2. The quantitative estimate of drug-likeness (QED) is 0.475. The molecule has 4 aromatic rings. The fraction of sp³-hybridized carbons (Fsp3) is 0.263. The van der Waals surface area contributed by atoms with Gasteiger partial charge in [0.2, 0.25) is 0 Å². The van der Waals surface area contributed by atoms with E-state index in [2.05, 4.69) is 10.3 Å². The first kappa shape index (κ1) is 20.9. The van der Waals surface area contributed by atoms with Crippen molar-refractivity contribution in [3.05, 3.63) is 73.0 Å². The zero-order chi connectivity index (χ0) is 22.7. The van der Waals surface area contributed by atoms with Crippen LogP contribution in [0.2, 0.25) is 5.15 Å². The van der Waals surface area contributed by atoms with Gasteiger partial charge in [0.05, 0.1) is 23.4 Å². The van der Waals surface area contributed by atoms with Crippen LogP contribution >= 0.6 is 11.6 Å². The average Bonchev–Trinajstić information content (AvgIpc) is 3.17. The Bertz CT molecular complexity index is 1430. The van der Waals surface area contributed by atoms with Crippen molar-refractivity contribution in [2.24, 2.45) is 7.05 Å². The monoisotopic (exact) mass is 453 g/mol. The standard InChI is InChI=1S/C19H15ClF3N5O3/c1-9-13(10(2)31-25-9)8-27-14-6-11(4-5-12(14)17(20)24-27)28-16(29)7-15(19(21,22)23)26(3)18(28)30/h4-7H,8H2,1-3H3. The van der Waals surface area contributed by atoms with Gasteiger partial charge in [0.1, 0.15) is 11.5 Å². The molecule has 0 N–H and O–H groups in total. The van der Waals surface area contributed by atoms with E-state index >= 15 is 0 Å². The minimum Gasteiger partial charge on any atom is -0.361 e. The second-order valence-corrected chi connectivity index (χ2v) is 7.35. The number of fused-ring (bicyclic) bond motifs is 1. The Morgan fingerprint density at radius 3 is 2.48 bits per heavy atom. The molecule has 4 rings (SSSR count). The third kappa shape index (κ3) is 3.44. The number of benzene rings is 1. The Balaban J connectivity index is 1.90. The van der Waals surface area contributed by atoms with Gasteiger partial charge in [-0.25, -0.2) is 9.36 Å². The van der Waals surface area contributed by atoms with Crippen molar-refractivity contribution in [3.8, 4) is 5.69 Å². The van der Waals surface area contributed by atoms with Gasteiger partial charge in [0.25, 0.3) is 5.56 Å². The van der Waals surface area contributed by atoms with Crippen LogP contribution in [0.1, 0.15) is 22.7 Å². The summed E-state index contributed by atoms with van der Waals surface area (Å²) in [6.45, 7) is 3.78. The average molecular weight is 454 g/mol.